The van der Waals surface area contributed by atoms with E-state index in [0.29, 0.717) is 12.2 Å². The fraction of sp³-hybridized carbons (Fsp3) is 0.348. The molecule has 1 aliphatic heterocycles. The zero-order valence-electron chi connectivity index (χ0n) is 17.3. The number of amides is 1. The van der Waals surface area contributed by atoms with Crippen molar-refractivity contribution in [3.63, 3.8) is 0 Å². The van der Waals surface area contributed by atoms with Gasteiger partial charge in [-0.15, -0.1) is 0 Å². The van der Waals surface area contributed by atoms with Gasteiger partial charge in [-0.1, -0.05) is 0 Å². The molecular weight excluding hydrogens is 421 g/mol. The van der Waals surface area contributed by atoms with Gasteiger partial charge in [-0.25, -0.2) is 9.97 Å². The zero-order chi connectivity index (χ0) is 22.5. The summed E-state index contributed by atoms with van der Waals surface area (Å²) in [5.41, 5.74) is 1.85. The molecule has 2 aliphatic rings. The van der Waals surface area contributed by atoms with Gasteiger partial charge in [-0.3, -0.25) is 4.79 Å². The normalized spacial score (nSPS) is 22.4. The smallest absolute Gasteiger partial charge is 0.417 e. The number of hydrogen-bond acceptors (Lipinski definition) is 4. The molecule has 5 rings (SSSR count). The highest BCUT2D eigenvalue weighted by atomic mass is 19.4. The molecule has 9 heteroatoms. The summed E-state index contributed by atoms with van der Waals surface area (Å²) in [5.74, 6) is 0.241. The van der Waals surface area contributed by atoms with Crippen LogP contribution in [-0.2, 0) is 6.18 Å². The molecule has 1 saturated heterocycles. The van der Waals surface area contributed by atoms with Crippen molar-refractivity contribution in [3.05, 3.63) is 65.7 Å². The number of pyridine rings is 2. The number of nitrogens with one attached hydrogen (secondary N) is 1. The number of carbonyl (C=O) groups excluding carboxylic acids is 1. The highest BCUT2D eigenvalue weighted by molar-refractivity contribution is 5.99. The Morgan fingerprint density at radius 1 is 1.19 bits per heavy atom. The number of alkyl halides is 3. The Balaban J connectivity index is 1.37. The van der Waals surface area contributed by atoms with Crippen LogP contribution in [0.3, 0.4) is 0 Å². The summed E-state index contributed by atoms with van der Waals surface area (Å²) in [6.45, 7) is 2.46. The summed E-state index contributed by atoms with van der Waals surface area (Å²) >= 11 is 0. The SMILES string of the molecule is Cc1ccc(-c2ccc[nH]2)c(C(=O)N2C[C@H]3C[C@@H](Oc4ccc(C(F)(F)F)cn4)[C@@H]2C3)n1. The highest BCUT2D eigenvalue weighted by Crippen LogP contribution is 2.41. The molecule has 3 atom stereocenters. The first kappa shape index (κ1) is 20.5. The summed E-state index contributed by atoms with van der Waals surface area (Å²) in [6, 6.07) is 9.52. The summed E-state index contributed by atoms with van der Waals surface area (Å²) in [5, 5.41) is 0. The quantitative estimate of drug-likeness (QED) is 0.647. The number of aromatic amines is 1. The van der Waals surface area contributed by atoms with Gasteiger partial charge in [0.1, 0.15) is 11.8 Å². The number of aryl methyl sites for hydroxylation is 1. The minimum Gasteiger partial charge on any atom is -0.472 e. The van der Waals surface area contributed by atoms with Crippen LogP contribution in [0.25, 0.3) is 11.3 Å². The first-order chi connectivity index (χ1) is 15.3. The Morgan fingerprint density at radius 3 is 2.69 bits per heavy atom. The fourth-order valence-corrected chi connectivity index (χ4v) is 4.67. The lowest BCUT2D eigenvalue weighted by molar-refractivity contribution is -0.137. The highest BCUT2D eigenvalue weighted by Gasteiger charge is 2.49. The second-order valence-electron chi connectivity index (χ2n) is 8.33. The Bertz CT molecular complexity index is 1130. The molecule has 3 aromatic rings. The second kappa shape index (κ2) is 7.65. The number of hydrogen-bond donors (Lipinski definition) is 1. The maximum absolute atomic E-state index is 13.5. The maximum atomic E-state index is 13.5. The molecule has 1 N–H and O–H groups in total. The van der Waals surface area contributed by atoms with E-state index in [0.717, 1.165) is 42.1 Å². The molecule has 3 aromatic heterocycles. The van der Waals surface area contributed by atoms with Crippen LogP contribution in [0.5, 0.6) is 5.88 Å². The van der Waals surface area contributed by atoms with Crippen molar-refractivity contribution < 1.29 is 22.7 Å². The molecule has 2 bridgehead atoms. The first-order valence-corrected chi connectivity index (χ1v) is 10.4. The molecule has 4 heterocycles. The van der Waals surface area contributed by atoms with Crippen molar-refractivity contribution in [3.8, 4) is 17.1 Å². The van der Waals surface area contributed by atoms with Crippen LogP contribution in [-0.4, -0.2) is 44.4 Å². The number of carbonyl (C=O) groups is 1. The monoisotopic (exact) mass is 442 g/mol. The van der Waals surface area contributed by atoms with Gasteiger partial charge < -0.3 is 14.6 Å². The largest absolute Gasteiger partial charge is 0.472 e. The molecule has 0 radical (unpaired) electrons. The van der Waals surface area contributed by atoms with Crippen molar-refractivity contribution in [2.24, 2.45) is 5.92 Å². The van der Waals surface area contributed by atoms with Crippen molar-refractivity contribution in [1.82, 2.24) is 19.9 Å². The maximum Gasteiger partial charge on any atom is 0.417 e. The molecule has 0 aromatic carbocycles. The van der Waals surface area contributed by atoms with E-state index in [-0.39, 0.29) is 29.9 Å². The van der Waals surface area contributed by atoms with Crippen molar-refractivity contribution in [2.45, 2.75) is 38.1 Å². The average molecular weight is 442 g/mol. The van der Waals surface area contributed by atoms with Crippen LogP contribution >= 0.6 is 0 Å². The summed E-state index contributed by atoms with van der Waals surface area (Å²) in [7, 11) is 0. The molecule has 1 aliphatic carbocycles. The van der Waals surface area contributed by atoms with Gasteiger partial charge in [-0.05, 0) is 56.0 Å². The third kappa shape index (κ3) is 3.72. The van der Waals surface area contributed by atoms with Crippen LogP contribution < -0.4 is 4.74 Å². The number of piperidine rings is 1. The third-order valence-electron chi connectivity index (χ3n) is 6.15. The van der Waals surface area contributed by atoms with Gasteiger partial charge in [0.25, 0.3) is 5.91 Å². The van der Waals surface area contributed by atoms with Gasteiger partial charge >= 0.3 is 6.18 Å². The van der Waals surface area contributed by atoms with E-state index < -0.39 is 11.7 Å². The molecule has 1 saturated carbocycles. The van der Waals surface area contributed by atoms with Gasteiger partial charge in [-0.2, -0.15) is 13.2 Å². The number of ether oxygens (including phenoxy) is 1. The summed E-state index contributed by atoms with van der Waals surface area (Å²) in [6.07, 6.45) is -0.672. The molecule has 166 valence electrons. The van der Waals surface area contributed by atoms with Crippen molar-refractivity contribution in [1.29, 1.82) is 0 Å². The molecule has 0 unspecified atom stereocenters. The molecule has 32 heavy (non-hydrogen) atoms. The topological polar surface area (TPSA) is 71.1 Å². The molecule has 1 amide bonds. The minimum atomic E-state index is -4.45. The Kier molecular flexibility index (Phi) is 4.91. The summed E-state index contributed by atoms with van der Waals surface area (Å²) in [4.78, 5) is 26.8. The Morgan fingerprint density at radius 2 is 2.03 bits per heavy atom. The second-order valence-corrected chi connectivity index (χ2v) is 8.33. The van der Waals surface area contributed by atoms with Crippen LogP contribution in [0.1, 0.15) is 34.6 Å². The molecule has 0 spiro atoms. The number of likely N-dealkylation sites (tertiary alicyclic amines) is 1. The van der Waals surface area contributed by atoms with Crippen LogP contribution in [0.15, 0.2) is 48.8 Å². The van der Waals surface area contributed by atoms with Crippen LogP contribution in [0.4, 0.5) is 13.2 Å². The van der Waals surface area contributed by atoms with Crippen LogP contribution in [0.2, 0.25) is 0 Å². The van der Waals surface area contributed by atoms with Gasteiger partial charge in [0, 0.05) is 42.0 Å². The number of nitrogens with zero attached hydrogens (tertiary/aromatic N) is 3. The van der Waals surface area contributed by atoms with Gasteiger partial charge in [0.2, 0.25) is 5.88 Å². The fourth-order valence-electron chi connectivity index (χ4n) is 4.67. The van der Waals surface area contributed by atoms with E-state index in [2.05, 4.69) is 15.0 Å². The van der Waals surface area contributed by atoms with E-state index in [4.69, 9.17) is 4.74 Å². The van der Waals surface area contributed by atoms with Gasteiger partial charge in [0.15, 0.2) is 0 Å². The van der Waals surface area contributed by atoms with E-state index in [9.17, 15) is 18.0 Å². The number of aromatic nitrogens is 3. The van der Waals surface area contributed by atoms with Gasteiger partial charge in [0.05, 0.1) is 11.6 Å². The van der Waals surface area contributed by atoms with Crippen molar-refractivity contribution >= 4 is 5.91 Å². The Hall–Kier alpha value is -3.36. The number of fused-ring (bicyclic) bond motifs is 2. The number of rotatable bonds is 4. The van der Waals surface area contributed by atoms with E-state index >= 15 is 0 Å². The predicted molar refractivity (Wildman–Crippen MR) is 110 cm³/mol. The van der Waals surface area contributed by atoms with E-state index in [1.54, 1.807) is 11.1 Å². The zero-order valence-corrected chi connectivity index (χ0v) is 17.3. The summed E-state index contributed by atoms with van der Waals surface area (Å²) < 4.78 is 44.3. The lowest BCUT2D eigenvalue weighted by atomic mass is 10.0. The number of H-pyrrole nitrogens is 1. The van der Waals surface area contributed by atoms with Crippen LogP contribution in [0, 0.1) is 12.8 Å². The van der Waals surface area contributed by atoms with Crippen molar-refractivity contribution in [2.75, 3.05) is 6.54 Å². The lowest BCUT2D eigenvalue weighted by Gasteiger charge is -2.33. The number of halogens is 3. The molecule has 2 fully saturated rings. The first-order valence-electron chi connectivity index (χ1n) is 10.4. The standard InChI is InChI=1S/C23H21F3N4O2/c1-13-4-6-16(17-3-2-8-27-17)21(29-13)22(31)30-12-14-9-18(30)19(10-14)32-20-7-5-15(11-28-20)23(24,25)26/h2-8,11,14,18-19,27H,9-10,12H2,1H3/t14-,18+,19-/m1/s1. The van der Waals surface area contributed by atoms with E-state index in [1.807, 2.05) is 31.2 Å². The minimum absolute atomic E-state index is 0.128. The average Bonchev–Trinajstić information content (AvgIpc) is 3.50. The Labute approximate surface area is 182 Å². The lowest BCUT2D eigenvalue weighted by Crippen LogP contribution is -2.47. The predicted octanol–water partition coefficient (Wildman–Crippen LogP) is 4.48. The third-order valence-corrected chi connectivity index (χ3v) is 6.15. The molecular formula is C23H21F3N4O2. The van der Waals surface area contributed by atoms with E-state index in [1.165, 1.54) is 6.07 Å². The molecule has 6 nitrogen and oxygen atoms in total.